The highest BCUT2D eigenvalue weighted by molar-refractivity contribution is 4.75. The largest absolute Gasteiger partial charge is 0.325 e. The molecule has 3 heteroatoms. The van der Waals surface area contributed by atoms with Gasteiger partial charge in [0.25, 0.3) is 0 Å². The Bertz CT molecular complexity index is 44.8. The molecule has 0 saturated carbocycles. The fraction of sp³-hybridized carbons (Fsp3) is 1.00. The minimum absolute atomic E-state index is 0.0926. The summed E-state index contributed by atoms with van der Waals surface area (Å²) in [6.07, 6.45) is 0. The summed E-state index contributed by atoms with van der Waals surface area (Å²) in [5.74, 6) is 0. The van der Waals surface area contributed by atoms with Gasteiger partial charge in [0.15, 0.2) is 0 Å². The zero-order chi connectivity index (χ0) is 4.57. The molecule has 0 aromatic carbocycles. The Hall–Kier alpha value is -0.150. The molecule has 1 heterocycles. The van der Waals surface area contributed by atoms with Crippen molar-refractivity contribution in [2.45, 2.75) is 6.04 Å². The summed E-state index contributed by atoms with van der Waals surface area (Å²) in [7, 11) is 0. The van der Waals surface area contributed by atoms with Crippen molar-refractivity contribution in [3.8, 4) is 0 Å². The lowest BCUT2D eigenvalue weighted by atomic mass is 10.2. The summed E-state index contributed by atoms with van der Waals surface area (Å²) in [6.45, 7) is 0.833. The SMILES string of the molecule is NC1CN(F)C1. The highest BCUT2D eigenvalue weighted by Crippen LogP contribution is 2.02. The maximum Gasteiger partial charge on any atom is 0.0456 e. The number of nitrogens with zero attached hydrogens (tertiary/aromatic N) is 1. The van der Waals surface area contributed by atoms with Gasteiger partial charge in [-0.2, -0.15) is 0 Å². The molecule has 1 aliphatic rings. The fourth-order valence-corrected chi connectivity index (χ4v) is 0.455. The highest BCUT2D eigenvalue weighted by Gasteiger charge is 2.21. The molecule has 0 atom stereocenters. The molecule has 1 fully saturated rings. The minimum Gasteiger partial charge on any atom is -0.325 e. The van der Waals surface area contributed by atoms with E-state index in [1.165, 1.54) is 0 Å². The van der Waals surface area contributed by atoms with Gasteiger partial charge in [-0.25, -0.2) is 0 Å². The second kappa shape index (κ2) is 1.17. The molecular weight excluding hydrogens is 83.0 g/mol. The topological polar surface area (TPSA) is 29.3 Å². The van der Waals surface area contributed by atoms with Crippen LogP contribution in [-0.4, -0.2) is 24.3 Å². The molecule has 0 aromatic rings. The molecular formula is C3H7FN2. The Balaban J connectivity index is 2.11. The molecule has 2 N–H and O–H groups in total. The summed E-state index contributed by atoms with van der Waals surface area (Å²) in [5.41, 5.74) is 5.19. The van der Waals surface area contributed by atoms with Crippen molar-refractivity contribution in [2.24, 2.45) is 5.73 Å². The quantitative estimate of drug-likeness (QED) is 0.407. The van der Waals surface area contributed by atoms with Crippen LogP contribution in [0.25, 0.3) is 0 Å². The van der Waals surface area contributed by atoms with Crippen LogP contribution in [0.1, 0.15) is 0 Å². The molecule has 6 heavy (non-hydrogen) atoms. The molecule has 1 saturated heterocycles. The first kappa shape index (κ1) is 4.02. The third-order valence-electron chi connectivity index (χ3n) is 0.865. The molecule has 0 unspecified atom stereocenters. The van der Waals surface area contributed by atoms with E-state index in [4.69, 9.17) is 5.73 Å². The van der Waals surface area contributed by atoms with Crippen LogP contribution in [0.4, 0.5) is 4.48 Å². The van der Waals surface area contributed by atoms with E-state index in [1.807, 2.05) is 0 Å². The molecule has 0 bridgehead atoms. The van der Waals surface area contributed by atoms with Crippen LogP contribution in [0, 0.1) is 0 Å². The summed E-state index contributed by atoms with van der Waals surface area (Å²) in [5, 5.41) is 0.699. The average molecular weight is 90.1 g/mol. The number of halogens is 1. The Morgan fingerprint density at radius 1 is 1.67 bits per heavy atom. The van der Waals surface area contributed by atoms with E-state index < -0.39 is 0 Å². The molecule has 36 valence electrons. The van der Waals surface area contributed by atoms with E-state index in [1.54, 1.807) is 0 Å². The van der Waals surface area contributed by atoms with Gasteiger partial charge >= 0.3 is 0 Å². The van der Waals surface area contributed by atoms with Crippen molar-refractivity contribution >= 4 is 0 Å². The summed E-state index contributed by atoms with van der Waals surface area (Å²) < 4.78 is 11.5. The first-order valence-corrected chi connectivity index (χ1v) is 1.95. The molecule has 0 amide bonds. The van der Waals surface area contributed by atoms with Crippen molar-refractivity contribution in [3.63, 3.8) is 0 Å². The Morgan fingerprint density at radius 3 is 2.17 bits per heavy atom. The highest BCUT2D eigenvalue weighted by atomic mass is 19.2. The van der Waals surface area contributed by atoms with Crippen molar-refractivity contribution in [1.29, 1.82) is 0 Å². The second-order valence-corrected chi connectivity index (χ2v) is 1.59. The van der Waals surface area contributed by atoms with Crippen molar-refractivity contribution in [3.05, 3.63) is 0 Å². The molecule has 0 aliphatic carbocycles. The predicted octanol–water partition coefficient (Wildman–Crippen LogP) is -0.486. The van der Waals surface area contributed by atoms with Crippen molar-refractivity contribution in [2.75, 3.05) is 13.1 Å². The number of rotatable bonds is 0. The lowest BCUT2D eigenvalue weighted by molar-refractivity contribution is -0.0487. The van der Waals surface area contributed by atoms with Gasteiger partial charge in [-0.3, -0.25) is 0 Å². The normalized spacial score (nSPS) is 27.0. The van der Waals surface area contributed by atoms with Crippen LogP contribution in [0.3, 0.4) is 0 Å². The van der Waals surface area contributed by atoms with E-state index in [-0.39, 0.29) is 6.04 Å². The fourth-order valence-electron chi connectivity index (χ4n) is 0.455. The van der Waals surface area contributed by atoms with E-state index >= 15 is 0 Å². The Kier molecular flexibility index (Phi) is 0.782. The van der Waals surface area contributed by atoms with E-state index in [0.717, 1.165) is 0 Å². The number of nitrogens with two attached hydrogens (primary N) is 1. The van der Waals surface area contributed by atoms with Crippen LogP contribution in [0.2, 0.25) is 0 Å². The third-order valence-corrected chi connectivity index (χ3v) is 0.865. The van der Waals surface area contributed by atoms with Crippen molar-refractivity contribution in [1.82, 2.24) is 5.12 Å². The summed E-state index contributed by atoms with van der Waals surface area (Å²) in [6, 6.07) is 0.0926. The maximum absolute atomic E-state index is 11.5. The third kappa shape index (κ3) is 0.507. The lowest BCUT2D eigenvalue weighted by Crippen LogP contribution is -2.51. The average Bonchev–Trinajstić information content (AvgIpc) is 1.33. The molecule has 1 rings (SSSR count). The predicted molar refractivity (Wildman–Crippen MR) is 20.7 cm³/mol. The molecule has 0 aromatic heterocycles. The smallest absolute Gasteiger partial charge is 0.0456 e. The Morgan fingerprint density at radius 2 is 2.17 bits per heavy atom. The second-order valence-electron chi connectivity index (χ2n) is 1.59. The first-order valence-electron chi connectivity index (χ1n) is 1.95. The van der Waals surface area contributed by atoms with Crippen LogP contribution in [0.15, 0.2) is 0 Å². The van der Waals surface area contributed by atoms with Gasteiger partial charge in [-0.15, -0.1) is 9.60 Å². The molecule has 1 aliphatic heterocycles. The van der Waals surface area contributed by atoms with Crippen LogP contribution in [0.5, 0.6) is 0 Å². The molecule has 2 nitrogen and oxygen atoms in total. The zero-order valence-corrected chi connectivity index (χ0v) is 3.39. The van der Waals surface area contributed by atoms with Crippen molar-refractivity contribution < 1.29 is 4.48 Å². The van der Waals surface area contributed by atoms with Gasteiger partial charge < -0.3 is 5.73 Å². The zero-order valence-electron chi connectivity index (χ0n) is 3.39. The van der Waals surface area contributed by atoms with E-state index in [9.17, 15) is 4.48 Å². The Labute approximate surface area is 35.7 Å². The van der Waals surface area contributed by atoms with Gasteiger partial charge in [0.05, 0.1) is 0 Å². The number of hydrogen-bond acceptors (Lipinski definition) is 2. The minimum atomic E-state index is 0.0926. The summed E-state index contributed by atoms with van der Waals surface area (Å²) in [4.78, 5) is 0. The maximum atomic E-state index is 11.5. The lowest BCUT2D eigenvalue weighted by Gasteiger charge is -2.27. The van der Waals surface area contributed by atoms with Crippen LogP contribution < -0.4 is 5.73 Å². The van der Waals surface area contributed by atoms with Gasteiger partial charge in [-0.05, 0) is 0 Å². The standard InChI is InChI=1S/C3H7FN2/c4-6-1-3(5)2-6/h3H,1-2,5H2. The molecule has 0 spiro atoms. The van der Waals surface area contributed by atoms with Gasteiger partial charge in [0.2, 0.25) is 0 Å². The van der Waals surface area contributed by atoms with Gasteiger partial charge in [0.1, 0.15) is 0 Å². The monoisotopic (exact) mass is 90.1 g/mol. The van der Waals surface area contributed by atoms with Crippen LogP contribution >= 0.6 is 0 Å². The van der Waals surface area contributed by atoms with E-state index in [0.29, 0.717) is 18.2 Å². The number of hydrogen-bond donors (Lipinski definition) is 1. The van der Waals surface area contributed by atoms with E-state index in [2.05, 4.69) is 0 Å². The van der Waals surface area contributed by atoms with Crippen LogP contribution in [-0.2, 0) is 0 Å². The molecule has 0 radical (unpaired) electrons. The first-order chi connectivity index (χ1) is 2.79. The van der Waals surface area contributed by atoms with Gasteiger partial charge in [0, 0.05) is 19.1 Å². The van der Waals surface area contributed by atoms with Gasteiger partial charge in [-0.1, -0.05) is 0 Å². The summed E-state index contributed by atoms with van der Waals surface area (Å²) >= 11 is 0.